The molecular formula is C19H20N6O4S. The Hall–Kier alpha value is -3.41. The second-order valence-corrected chi connectivity index (χ2v) is 8.75. The molecule has 0 aliphatic carbocycles. The van der Waals surface area contributed by atoms with Gasteiger partial charge in [0.1, 0.15) is 5.75 Å². The first-order chi connectivity index (χ1) is 14.2. The average Bonchev–Trinajstić information content (AvgIpc) is 3.35. The third-order valence-electron chi connectivity index (χ3n) is 4.66. The van der Waals surface area contributed by atoms with Gasteiger partial charge in [0.15, 0.2) is 22.0 Å². The zero-order valence-corrected chi connectivity index (χ0v) is 17.1. The van der Waals surface area contributed by atoms with Crippen LogP contribution in [0, 0.1) is 0 Å². The van der Waals surface area contributed by atoms with E-state index >= 15 is 0 Å². The number of nitrogens with two attached hydrogens (primary N) is 2. The Balaban J connectivity index is 1.65. The summed E-state index contributed by atoms with van der Waals surface area (Å²) in [4.78, 5) is 8.49. The number of aromatic nitrogens is 1. The highest BCUT2D eigenvalue weighted by atomic mass is 32.2. The largest absolute Gasteiger partial charge is 0.496 e. The average molecular weight is 428 g/mol. The fourth-order valence-electron chi connectivity index (χ4n) is 3.13. The molecule has 4 rings (SSSR count). The summed E-state index contributed by atoms with van der Waals surface area (Å²) >= 11 is 0. The predicted octanol–water partition coefficient (Wildman–Crippen LogP) is 1.16. The molecule has 30 heavy (non-hydrogen) atoms. The molecule has 1 aliphatic rings. The molecule has 0 spiro atoms. The maximum Gasteiger partial charge on any atom is 0.214 e. The lowest BCUT2D eigenvalue weighted by Crippen LogP contribution is -2.53. The normalized spacial score (nSPS) is 19.0. The summed E-state index contributed by atoms with van der Waals surface area (Å²) in [5.41, 5.74) is 17.5. The van der Waals surface area contributed by atoms with Crippen LogP contribution >= 0.6 is 0 Å². The first-order valence-corrected chi connectivity index (χ1v) is 10.7. The molecule has 1 aromatic heterocycles. The van der Waals surface area contributed by atoms with Crippen LogP contribution in [0.5, 0.6) is 5.75 Å². The molecular weight excluding hydrogens is 408 g/mol. The number of anilines is 1. The maximum absolute atomic E-state index is 11.7. The maximum atomic E-state index is 11.7. The van der Waals surface area contributed by atoms with Crippen molar-refractivity contribution in [1.82, 2.24) is 10.4 Å². The minimum absolute atomic E-state index is 0.128. The number of sulfone groups is 1. The van der Waals surface area contributed by atoms with Crippen molar-refractivity contribution >= 4 is 21.5 Å². The molecule has 0 saturated heterocycles. The van der Waals surface area contributed by atoms with Gasteiger partial charge in [0.25, 0.3) is 0 Å². The van der Waals surface area contributed by atoms with Crippen LogP contribution in [-0.2, 0) is 15.6 Å². The summed E-state index contributed by atoms with van der Waals surface area (Å²) in [5, 5.41) is 1.49. The van der Waals surface area contributed by atoms with E-state index in [1.54, 1.807) is 36.5 Å². The van der Waals surface area contributed by atoms with Gasteiger partial charge in [-0.25, -0.2) is 23.4 Å². The molecule has 0 saturated carbocycles. The number of aliphatic imine (C=N–C) groups is 1. The van der Waals surface area contributed by atoms with Gasteiger partial charge in [-0.3, -0.25) is 5.73 Å². The summed E-state index contributed by atoms with van der Waals surface area (Å²) in [7, 11) is -1.76. The standard InChI is InChI=1S/C19H20N6O4S/c1-28-16-9-12(3-8-15(16)17-10-22-11-29-17)19(21)23-18(20)25(24-19)13-4-6-14(7-5-13)30(2,26)27/h3-11,24H,21H2,1-2H3,(H2,20,23). The van der Waals surface area contributed by atoms with Crippen molar-refractivity contribution in [2.75, 3.05) is 18.4 Å². The van der Waals surface area contributed by atoms with Crippen molar-refractivity contribution in [3.8, 4) is 17.1 Å². The lowest BCUT2D eigenvalue weighted by atomic mass is 10.0. The summed E-state index contributed by atoms with van der Waals surface area (Å²) in [5.74, 6) is -0.143. The summed E-state index contributed by atoms with van der Waals surface area (Å²) in [6.45, 7) is 0. The highest BCUT2D eigenvalue weighted by Gasteiger charge is 2.37. The van der Waals surface area contributed by atoms with Crippen molar-refractivity contribution in [1.29, 1.82) is 0 Å². The fourth-order valence-corrected chi connectivity index (χ4v) is 3.76. The Kier molecular flexibility index (Phi) is 4.73. The third-order valence-corrected chi connectivity index (χ3v) is 5.79. The lowest BCUT2D eigenvalue weighted by molar-refractivity contribution is 0.387. The molecule has 2 heterocycles. The van der Waals surface area contributed by atoms with Gasteiger partial charge in [-0.1, -0.05) is 6.07 Å². The molecule has 1 unspecified atom stereocenters. The van der Waals surface area contributed by atoms with Crippen LogP contribution < -0.4 is 26.6 Å². The number of nitrogens with one attached hydrogen (secondary N) is 1. The topological polar surface area (TPSA) is 149 Å². The number of benzene rings is 2. The SMILES string of the molecule is COc1cc(C2(N)N=C(N)N(c3ccc(S(C)(=O)=O)cc3)N2)ccc1-c1cnco1. The lowest BCUT2D eigenvalue weighted by Gasteiger charge is -2.26. The minimum Gasteiger partial charge on any atom is -0.496 e. The van der Waals surface area contributed by atoms with Gasteiger partial charge in [-0.2, -0.15) is 5.43 Å². The quantitative estimate of drug-likeness (QED) is 0.544. The van der Waals surface area contributed by atoms with Crippen molar-refractivity contribution in [3.05, 3.63) is 60.6 Å². The van der Waals surface area contributed by atoms with Crippen LogP contribution in [0.2, 0.25) is 0 Å². The van der Waals surface area contributed by atoms with Crippen molar-refractivity contribution < 1.29 is 17.6 Å². The Morgan fingerprint density at radius 2 is 1.93 bits per heavy atom. The van der Waals surface area contributed by atoms with Crippen LogP contribution in [0.25, 0.3) is 11.3 Å². The summed E-state index contributed by atoms with van der Waals surface area (Å²) in [6.07, 6.45) is 4.07. The van der Waals surface area contributed by atoms with Gasteiger partial charge in [0.05, 0.1) is 29.5 Å². The number of methoxy groups -OCH3 is 1. The van der Waals surface area contributed by atoms with Gasteiger partial charge in [0.2, 0.25) is 11.7 Å². The summed E-state index contributed by atoms with van der Waals surface area (Å²) < 4.78 is 34.2. The van der Waals surface area contributed by atoms with Crippen molar-refractivity contribution in [2.24, 2.45) is 16.5 Å². The Morgan fingerprint density at radius 3 is 2.53 bits per heavy atom. The van der Waals surface area contributed by atoms with Gasteiger partial charge < -0.3 is 14.9 Å². The fraction of sp³-hybridized carbons (Fsp3) is 0.158. The second kappa shape index (κ2) is 7.13. The van der Waals surface area contributed by atoms with E-state index in [1.807, 2.05) is 0 Å². The zero-order valence-electron chi connectivity index (χ0n) is 16.2. The van der Waals surface area contributed by atoms with Gasteiger partial charge in [-0.15, -0.1) is 0 Å². The van der Waals surface area contributed by atoms with E-state index in [0.717, 1.165) is 6.26 Å². The molecule has 2 aromatic carbocycles. The molecule has 0 bridgehead atoms. The van der Waals surface area contributed by atoms with E-state index in [-0.39, 0.29) is 10.9 Å². The number of hydrogen-bond acceptors (Lipinski definition) is 10. The number of oxazole rings is 1. The van der Waals surface area contributed by atoms with E-state index in [2.05, 4.69) is 15.4 Å². The molecule has 0 amide bonds. The first-order valence-electron chi connectivity index (χ1n) is 8.81. The number of rotatable bonds is 5. The Morgan fingerprint density at radius 1 is 1.20 bits per heavy atom. The van der Waals surface area contributed by atoms with Gasteiger partial charge in [0, 0.05) is 11.8 Å². The summed E-state index contributed by atoms with van der Waals surface area (Å²) in [6, 6.07) is 11.5. The van der Waals surface area contributed by atoms with Crippen LogP contribution in [0.15, 0.2) is 69.4 Å². The Labute approximate surface area is 173 Å². The molecule has 11 heteroatoms. The number of hydrazine groups is 1. The first kappa shape index (κ1) is 19.9. The van der Waals surface area contributed by atoms with Crippen molar-refractivity contribution in [3.63, 3.8) is 0 Å². The molecule has 5 N–H and O–H groups in total. The van der Waals surface area contributed by atoms with E-state index in [4.69, 9.17) is 20.6 Å². The highest BCUT2D eigenvalue weighted by molar-refractivity contribution is 7.90. The van der Waals surface area contributed by atoms with Crippen LogP contribution in [-0.4, -0.2) is 32.7 Å². The van der Waals surface area contributed by atoms with Crippen LogP contribution in [0.1, 0.15) is 5.56 Å². The van der Waals surface area contributed by atoms with E-state index in [1.165, 1.54) is 30.6 Å². The van der Waals surface area contributed by atoms with Crippen molar-refractivity contribution in [2.45, 2.75) is 10.7 Å². The highest BCUT2D eigenvalue weighted by Crippen LogP contribution is 2.34. The number of nitrogens with zero attached hydrogens (tertiary/aromatic N) is 3. The number of guanidine groups is 1. The zero-order chi connectivity index (χ0) is 21.5. The monoisotopic (exact) mass is 428 g/mol. The minimum atomic E-state index is -3.30. The van der Waals surface area contributed by atoms with E-state index < -0.39 is 15.6 Å². The van der Waals surface area contributed by atoms with Gasteiger partial charge in [-0.05, 0) is 36.4 Å². The van der Waals surface area contributed by atoms with Gasteiger partial charge >= 0.3 is 0 Å². The molecule has 1 aliphatic heterocycles. The number of hydrogen-bond donors (Lipinski definition) is 3. The Bertz CT molecular complexity index is 1210. The van der Waals surface area contributed by atoms with Crippen LogP contribution in [0.4, 0.5) is 5.69 Å². The van der Waals surface area contributed by atoms with E-state index in [0.29, 0.717) is 28.3 Å². The third kappa shape index (κ3) is 3.49. The molecule has 1 atom stereocenters. The molecule has 10 nitrogen and oxygen atoms in total. The molecule has 3 aromatic rings. The second-order valence-electron chi connectivity index (χ2n) is 6.73. The van der Waals surface area contributed by atoms with Crippen LogP contribution in [0.3, 0.4) is 0 Å². The smallest absolute Gasteiger partial charge is 0.214 e. The molecule has 0 radical (unpaired) electrons. The number of ether oxygens (including phenoxy) is 1. The molecule has 156 valence electrons. The predicted molar refractivity (Wildman–Crippen MR) is 111 cm³/mol. The van der Waals surface area contributed by atoms with E-state index in [9.17, 15) is 8.42 Å². The molecule has 0 fully saturated rings.